The molecule has 1 aromatic carbocycles. The van der Waals surface area contributed by atoms with Crippen LogP contribution >= 0.6 is 0 Å². The molecular weight excluding hydrogens is 262 g/mol. The molecule has 0 fully saturated rings. The van der Waals surface area contributed by atoms with E-state index in [1.165, 1.54) is 7.11 Å². The highest BCUT2D eigenvalue weighted by atomic mass is 16.5. The first kappa shape index (κ1) is 17.4. The van der Waals surface area contributed by atoms with Gasteiger partial charge >= 0.3 is 5.97 Å². The Labute approximate surface area is 117 Å². The summed E-state index contributed by atoms with van der Waals surface area (Å²) in [6.45, 7) is 0. The number of primary amides is 1. The first-order chi connectivity index (χ1) is 9.47. The van der Waals surface area contributed by atoms with E-state index < -0.39 is 5.91 Å². The van der Waals surface area contributed by atoms with Gasteiger partial charge in [-0.15, -0.1) is 0 Å². The monoisotopic (exact) mass is 281 g/mol. The Morgan fingerprint density at radius 1 is 1.40 bits per heavy atom. The number of rotatable bonds is 5. The summed E-state index contributed by atoms with van der Waals surface area (Å²) in [5, 5.41) is 2.84. The molecule has 0 aliphatic rings. The van der Waals surface area contributed by atoms with E-state index in [0.717, 1.165) is 0 Å². The Morgan fingerprint density at radius 2 is 2.05 bits per heavy atom. The second-order valence-electron chi connectivity index (χ2n) is 3.67. The highest BCUT2D eigenvalue weighted by molar-refractivity contribution is 6.03. The van der Waals surface area contributed by atoms with Gasteiger partial charge in [-0.2, -0.15) is 0 Å². The van der Waals surface area contributed by atoms with Crippen LogP contribution in [0.5, 0.6) is 0 Å². The van der Waals surface area contributed by atoms with Crippen LogP contribution < -0.4 is 16.8 Å². The zero-order valence-electron chi connectivity index (χ0n) is 11.5. The van der Waals surface area contributed by atoms with Crippen molar-refractivity contribution in [1.82, 2.24) is 0 Å². The zero-order valence-corrected chi connectivity index (χ0v) is 11.5. The number of nitrogen functional groups attached to an aromatic ring is 1. The summed E-state index contributed by atoms with van der Waals surface area (Å²) in [5.74, 6) is -0.852. The number of anilines is 2. The molecule has 0 saturated heterocycles. The minimum atomic E-state index is -0.516. The van der Waals surface area contributed by atoms with Gasteiger partial charge in [0.2, 0.25) is 0 Å². The van der Waals surface area contributed by atoms with Crippen LogP contribution in [0.3, 0.4) is 0 Å². The number of nitrogens with two attached hydrogens (primary N) is 2. The van der Waals surface area contributed by atoms with Gasteiger partial charge in [-0.05, 0) is 12.1 Å². The average molecular weight is 281 g/mol. The Hall–Kier alpha value is -2.57. The predicted octanol–water partition coefficient (Wildman–Crippen LogP) is 0.548. The molecule has 0 saturated carbocycles. The molecule has 0 aliphatic heterocycles. The van der Waals surface area contributed by atoms with E-state index in [1.807, 2.05) is 0 Å². The second-order valence-corrected chi connectivity index (χ2v) is 3.67. The molecule has 7 heteroatoms. The summed E-state index contributed by atoms with van der Waals surface area (Å²) in [4.78, 5) is 30.7. The summed E-state index contributed by atoms with van der Waals surface area (Å²) in [5.41, 5.74) is 12.1. The summed E-state index contributed by atoms with van der Waals surface area (Å²) < 4.78 is 4.25. The number of methoxy groups -OCH3 is 1. The fourth-order valence-corrected chi connectivity index (χ4v) is 1.33. The maximum Gasteiger partial charge on any atom is 0.305 e. The van der Waals surface area contributed by atoms with Gasteiger partial charge in [0, 0.05) is 24.8 Å². The molecule has 20 heavy (non-hydrogen) atoms. The molecule has 0 aliphatic carbocycles. The molecule has 0 bridgehead atoms. The zero-order chi connectivity index (χ0) is 15.5. The Morgan fingerprint density at radius 3 is 2.45 bits per heavy atom. The van der Waals surface area contributed by atoms with Crippen LogP contribution in [0.25, 0.3) is 0 Å². The standard InChI is InChI=1S/C8H11N3O.C5H8O3/c1-11-6-4-2-3-5(9)7(6)8(10)12;1-8-5(7)3-2-4-6/h2-4,11H,9H2,1H3,(H2,10,12);4H,2-3H2,1H3. The summed E-state index contributed by atoms with van der Waals surface area (Å²) in [6.07, 6.45) is 1.14. The van der Waals surface area contributed by atoms with Crippen molar-refractivity contribution in [3.63, 3.8) is 0 Å². The van der Waals surface area contributed by atoms with Crippen LogP contribution in [-0.4, -0.2) is 32.3 Å². The van der Waals surface area contributed by atoms with E-state index in [-0.39, 0.29) is 18.8 Å². The number of hydrogen-bond donors (Lipinski definition) is 3. The first-order valence-corrected chi connectivity index (χ1v) is 5.84. The molecule has 110 valence electrons. The normalized spacial score (nSPS) is 8.90. The summed E-state index contributed by atoms with van der Waals surface area (Å²) >= 11 is 0. The first-order valence-electron chi connectivity index (χ1n) is 5.84. The summed E-state index contributed by atoms with van der Waals surface area (Å²) in [6, 6.07) is 5.14. The number of aldehydes is 1. The fraction of sp³-hybridized carbons (Fsp3) is 0.308. The molecule has 1 amide bonds. The largest absolute Gasteiger partial charge is 0.469 e. The molecule has 0 heterocycles. The number of carbonyl (C=O) groups excluding carboxylic acids is 3. The minimum Gasteiger partial charge on any atom is -0.469 e. The lowest BCUT2D eigenvalue weighted by molar-refractivity contribution is -0.141. The Kier molecular flexibility index (Phi) is 8.17. The van der Waals surface area contributed by atoms with Crippen LogP contribution in [0.4, 0.5) is 11.4 Å². The van der Waals surface area contributed by atoms with E-state index >= 15 is 0 Å². The molecule has 0 unspecified atom stereocenters. The molecular formula is C13H19N3O4. The third kappa shape index (κ3) is 5.85. The highest BCUT2D eigenvalue weighted by Crippen LogP contribution is 2.20. The molecule has 5 N–H and O–H groups in total. The van der Waals surface area contributed by atoms with Gasteiger partial charge in [-0.1, -0.05) is 6.07 Å². The van der Waals surface area contributed by atoms with Crippen molar-refractivity contribution in [2.75, 3.05) is 25.2 Å². The van der Waals surface area contributed by atoms with Crippen molar-refractivity contribution in [3.8, 4) is 0 Å². The third-order valence-corrected chi connectivity index (χ3v) is 2.31. The average Bonchev–Trinajstić information content (AvgIpc) is 2.44. The third-order valence-electron chi connectivity index (χ3n) is 2.31. The highest BCUT2D eigenvalue weighted by Gasteiger charge is 2.09. The minimum absolute atomic E-state index is 0.194. The number of amides is 1. The number of hydrogen-bond acceptors (Lipinski definition) is 6. The van der Waals surface area contributed by atoms with Crippen LogP contribution in [-0.2, 0) is 14.3 Å². The lowest BCUT2D eigenvalue weighted by atomic mass is 10.1. The van der Waals surface area contributed by atoms with Crippen LogP contribution in [0.1, 0.15) is 23.2 Å². The van der Waals surface area contributed by atoms with E-state index in [1.54, 1.807) is 25.2 Å². The number of nitrogens with one attached hydrogen (secondary N) is 1. The van der Waals surface area contributed by atoms with E-state index in [0.29, 0.717) is 23.2 Å². The number of carbonyl (C=O) groups is 3. The van der Waals surface area contributed by atoms with Gasteiger partial charge < -0.3 is 26.3 Å². The maximum atomic E-state index is 10.9. The number of esters is 1. The van der Waals surface area contributed by atoms with E-state index in [9.17, 15) is 14.4 Å². The molecule has 1 rings (SSSR count). The lowest BCUT2D eigenvalue weighted by Crippen LogP contribution is -2.15. The van der Waals surface area contributed by atoms with E-state index in [2.05, 4.69) is 10.1 Å². The van der Waals surface area contributed by atoms with Crippen molar-refractivity contribution < 1.29 is 19.1 Å². The van der Waals surface area contributed by atoms with E-state index in [4.69, 9.17) is 11.5 Å². The topological polar surface area (TPSA) is 125 Å². The second kappa shape index (κ2) is 9.37. The quantitative estimate of drug-likeness (QED) is 0.411. The van der Waals surface area contributed by atoms with Crippen LogP contribution in [0.15, 0.2) is 18.2 Å². The van der Waals surface area contributed by atoms with Crippen molar-refractivity contribution in [2.45, 2.75) is 12.8 Å². The lowest BCUT2D eigenvalue weighted by Gasteiger charge is -2.07. The number of benzene rings is 1. The van der Waals surface area contributed by atoms with Gasteiger partial charge in [0.25, 0.3) is 5.91 Å². The van der Waals surface area contributed by atoms with Crippen molar-refractivity contribution in [2.24, 2.45) is 5.73 Å². The van der Waals surface area contributed by atoms with Gasteiger partial charge in [0.05, 0.1) is 19.1 Å². The van der Waals surface area contributed by atoms with Crippen molar-refractivity contribution in [1.29, 1.82) is 0 Å². The smallest absolute Gasteiger partial charge is 0.305 e. The van der Waals surface area contributed by atoms with Gasteiger partial charge in [-0.25, -0.2) is 0 Å². The maximum absolute atomic E-state index is 10.9. The molecule has 0 aromatic heterocycles. The molecule has 0 radical (unpaired) electrons. The van der Waals surface area contributed by atoms with Crippen molar-refractivity contribution >= 4 is 29.5 Å². The summed E-state index contributed by atoms with van der Waals surface area (Å²) in [7, 11) is 3.01. The number of ether oxygens (including phenoxy) is 1. The Balaban J connectivity index is 0.000000396. The predicted molar refractivity (Wildman–Crippen MR) is 76.2 cm³/mol. The van der Waals surface area contributed by atoms with Crippen molar-refractivity contribution in [3.05, 3.63) is 23.8 Å². The molecule has 0 spiro atoms. The van der Waals surface area contributed by atoms with Gasteiger partial charge in [0.1, 0.15) is 6.29 Å². The van der Waals surface area contributed by atoms with Gasteiger partial charge in [0.15, 0.2) is 0 Å². The SMILES string of the molecule is CNc1cccc(N)c1C(N)=O.COC(=O)CCC=O. The molecule has 0 atom stereocenters. The van der Waals surface area contributed by atoms with Crippen LogP contribution in [0.2, 0.25) is 0 Å². The Bertz CT molecular complexity index is 475. The van der Waals surface area contributed by atoms with Gasteiger partial charge in [-0.3, -0.25) is 9.59 Å². The fourth-order valence-electron chi connectivity index (χ4n) is 1.33. The molecule has 7 nitrogen and oxygen atoms in total. The molecule has 1 aromatic rings. The van der Waals surface area contributed by atoms with Crippen LogP contribution in [0, 0.1) is 0 Å².